The standard InChI is InChI=1S/C14H11AsN4/c16-7-9-5-12(17)14(19-8-9)15-11-1-2-13-10(6-11)3-4-18-13/h1-6,8,15,18H,17H2. The van der Waals surface area contributed by atoms with Crippen molar-refractivity contribution in [1.29, 1.82) is 5.26 Å². The molecule has 3 rings (SSSR count). The Bertz CT molecular complexity index is 785. The van der Waals surface area contributed by atoms with E-state index in [0.717, 1.165) is 10.00 Å². The fraction of sp³-hybridized carbons (Fsp3) is 0. The molecule has 2 heterocycles. The number of hydrogen-bond donors (Lipinski definition) is 2. The molecule has 0 aliphatic carbocycles. The molecule has 0 aliphatic rings. The Balaban J connectivity index is 1.94. The molecule has 0 saturated heterocycles. The molecule has 2 aromatic heterocycles. The molecule has 0 aliphatic heterocycles. The summed E-state index contributed by atoms with van der Waals surface area (Å²) in [6.45, 7) is 0. The molecule has 0 radical (unpaired) electrons. The number of benzene rings is 1. The van der Waals surface area contributed by atoms with Gasteiger partial charge in [0.2, 0.25) is 0 Å². The van der Waals surface area contributed by atoms with Crippen molar-refractivity contribution in [3.8, 4) is 6.07 Å². The monoisotopic (exact) mass is 310 g/mol. The van der Waals surface area contributed by atoms with Gasteiger partial charge < -0.3 is 0 Å². The molecule has 4 nitrogen and oxygen atoms in total. The van der Waals surface area contributed by atoms with E-state index >= 15 is 0 Å². The number of nitriles is 1. The minimum absolute atomic E-state index is 0.508. The van der Waals surface area contributed by atoms with Crippen molar-refractivity contribution < 1.29 is 0 Å². The quantitative estimate of drug-likeness (QED) is 0.673. The van der Waals surface area contributed by atoms with Gasteiger partial charge in [-0.1, -0.05) is 0 Å². The predicted molar refractivity (Wildman–Crippen MR) is 78.1 cm³/mol. The zero-order valence-electron chi connectivity index (χ0n) is 10.0. The van der Waals surface area contributed by atoms with Gasteiger partial charge in [-0.2, -0.15) is 0 Å². The molecule has 19 heavy (non-hydrogen) atoms. The first kappa shape index (κ1) is 11.8. The van der Waals surface area contributed by atoms with E-state index in [1.807, 2.05) is 12.3 Å². The number of nitrogen functional groups attached to an aromatic ring is 1. The Morgan fingerprint density at radius 2 is 2.16 bits per heavy atom. The van der Waals surface area contributed by atoms with E-state index < -0.39 is 15.8 Å². The van der Waals surface area contributed by atoms with E-state index in [4.69, 9.17) is 11.0 Å². The van der Waals surface area contributed by atoms with Gasteiger partial charge in [0, 0.05) is 0 Å². The summed E-state index contributed by atoms with van der Waals surface area (Å²) in [5.41, 5.74) is 8.21. The Kier molecular flexibility index (Phi) is 2.98. The summed E-state index contributed by atoms with van der Waals surface area (Å²) in [6.07, 6.45) is 3.52. The van der Waals surface area contributed by atoms with Gasteiger partial charge in [0.15, 0.2) is 0 Å². The number of anilines is 1. The van der Waals surface area contributed by atoms with Crippen LogP contribution in [0.3, 0.4) is 0 Å². The summed E-state index contributed by atoms with van der Waals surface area (Å²) in [7, 11) is 0. The molecule has 5 heteroatoms. The van der Waals surface area contributed by atoms with Crippen LogP contribution in [-0.4, -0.2) is 25.7 Å². The Labute approximate surface area is 117 Å². The van der Waals surface area contributed by atoms with Crippen LogP contribution in [-0.2, 0) is 0 Å². The van der Waals surface area contributed by atoms with Gasteiger partial charge in [-0.05, 0) is 0 Å². The average molecular weight is 310 g/mol. The molecular formula is C14H11AsN4. The molecule has 1 aromatic carbocycles. The maximum atomic E-state index is 8.80. The van der Waals surface area contributed by atoms with Gasteiger partial charge in [0.25, 0.3) is 0 Å². The van der Waals surface area contributed by atoms with E-state index in [-0.39, 0.29) is 0 Å². The zero-order valence-corrected chi connectivity index (χ0v) is 12.1. The van der Waals surface area contributed by atoms with Crippen molar-refractivity contribution in [3.05, 3.63) is 48.3 Å². The van der Waals surface area contributed by atoms with Gasteiger partial charge in [-0.3, -0.25) is 0 Å². The molecule has 0 bridgehead atoms. The number of H-pyrrole nitrogens is 1. The SMILES string of the molecule is N#Cc1cnc([AsH]c2ccc3[nH]ccc3c2)c(N)c1. The summed E-state index contributed by atoms with van der Waals surface area (Å²) in [4.78, 5) is 7.49. The Morgan fingerprint density at radius 1 is 1.26 bits per heavy atom. The van der Waals surface area contributed by atoms with Gasteiger partial charge in [0.05, 0.1) is 0 Å². The topological polar surface area (TPSA) is 78.5 Å². The van der Waals surface area contributed by atoms with Crippen LogP contribution in [0.25, 0.3) is 10.9 Å². The van der Waals surface area contributed by atoms with Crippen LogP contribution in [0.2, 0.25) is 0 Å². The van der Waals surface area contributed by atoms with Crippen LogP contribution >= 0.6 is 0 Å². The molecule has 3 aromatic rings. The predicted octanol–water partition coefficient (Wildman–Crippen LogP) is 0.404. The molecular weight excluding hydrogens is 299 g/mol. The number of aromatic amines is 1. The van der Waals surface area contributed by atoms with Gasteiger partial charge >= 0.3 is 116 Å². The molecule has 92 valence electrons. The summed E-state index contributed by atoms with van der Waals surface area (Å²) in [6, 6.07) is 12.2. The number of nitrogens with zero attached hydrogens (tertiary/aromatic N) is 2. The van der Waals surface area contributed by atoms with Gasteiger partial charge in [0.1, 0.15) is 0 Å². The summed E-state index contributed by atoms with van der Waals surface area (Å²) in [5.74, 6) is 0. The molecule has 3 N–H and O–H groups in total. The fourth-order valence-electron chi connectivity index (χ4n) is 1.92. The van der Waals surface area contributed by atoms with E-state index in [2.05, 4.69) is 34.2 Å². The number of fused-ring (bicyclic) bond motifs is 1. The summed E-state index contributed by atoms with van der Waals surface area (Å²) < 4.78 is 2.20. The van der Waals surface area contributed by atoms with Crippen molar-refractivity contribution in [2.24, 2.45) is 0 Å². The Morgan fingerprint density at radius 3 is 2.95 bits per heavy atom. The third-order valence-corrected chi connectivity index (χ3v) is 5.49. The Hall–Kier alpha value is -2.24. The second-order valence-corrected chi connectivity index (χ2v) is 6.91. The van der Waals surface area contributed by atoms with Crippen LogP contribution in [0, 0.1) is 11.3 Å². The molecule has 0 fully saturated rings. The number of rotatable bonds is 2. The van der Waals surface area contributed by atoms with Crippen LogP contribution < -0.4 is 14.6 Å². The number of pyridine rings is 1. The number of hydrogen-bond acceptors (Lipinski definition) is 3. The molecule has 0 amide bonds. The van der Waals surface area contributed by atoms with Crippen LogP contribution in [0.5, 0.6) is 0 Å². The van der Waals surface area contributed by atoms with Crippen molar-refractivity contribution in [1.82, 2.24) is 9.97 Å². The normalized spacial score (nSPS) is 11.1. The first-order chi connectivity index (χ1) is 9.26. The number of nitrogens with two attached hydrogens (primary N) is 1. The van der Waals surface area contributed by atoms with Crippen molar-refractivity contribution in [2.75, 3.05) is 5.73 Å². The number of aromatic nitrogens is 2. The van der Waals surface area contributed by atoms with E-state index in [1.165, 1.54) is 9.74 Å². The molecule has 0 spiro atoms. The van der Waals surface area contributed by atoms with E-state index in [9.17, 15) is 0 Å². The molecule has 1 atom stereocenters. The zero-order chi connectivity index (χ0) is 13.2. The minimum atomic E-state index is -0.575. The molecule has 0 saturated carbocycles. The van der Waals surface area contributed by atoms with Crippen LogP contribution in [0.1, 0.15) is 5.56 Å². The van der Waals surface area contributed by atoms with Crippen LogP contribution in [0.15, 0.2) is 42.7 Å². The molecule has 1 unspecified atom stereocenters. The third-order valence-electron chi connectivity index (χ3n) is 2.86. The average Bonchev–Trinajstić information content (AvgIpc) is 2.88. The second kappa shape index (κ2) is 4.79. The van der Waals surface area contributed by atoms with Gasteiger partial charge in [-0.25, -0.2) is 0 Å². The van der Waals surface area contributed by atoms with E-state index in [0.29, 0.717) is 11.3 Å². The van der Waals surface area contributed by atoms with Crippen molar-refractivity contribution >= 4 is 41.2 Å². The fourth-order valence-corrected chi connectivity index (χ4v) is 4.04. The third kappa shape index (κ3) is 2.33. The summed E-state index contributed by atoms with van der Waals surface area (Å²) in [5, 5.41) is 10.0. The van der Waals surface area contributed by atoms with Gasteiger partial charge in [-0.15, -0.1) is 0 Å². The van der Waals surface area contributed by atoms with Crippen LogP contribution in [0.4, 0.5) is 5.69 Å². The second-order valence-electron chi connectivity index (χ2n) is 4.18. The summed E-state index contributed by atoms with van der Waals surface area (Å²) >= 11 is -0.575. The maximum absolute atomic E-state index is 8.80. The first-order valence-corrected chi connectivity index (χ1v) is 7.86. The van der Waals surface area contributed by atoms with E-state index in [1.54, 1.807) is 12.3 Å². The first-order valence-electron chi connectivity index (χ1n) is 5.76. The van der Waals surface area contributed by atoms with Crippen molar-refractivity contribution in [3.63, 3.8) is 0 Å². The number of nitrogens with one attached hydrogen (secondary N) is 1. The van der Waals surface area contributed by atoms with Crippen molar-refractivity contribution in [2.45, 2.75) is 0 Å².